The van der Waals surface area contributed by atoms with Crippen LogP contribution in [0.15, 0.2) is 0 Å². The van der Waals surface area contributed by atoms with Crippen molar-refractivity contribution in [3.8, 4) is 0 Å². The van der Waals surface area contributed by atoms with Gasteiger partial charge in [0.25, 0.3) is 0 Å². The molecule has 0 saturated heterocycles. The van der Waals surface area contributed by atoms with Crippen molar-refractivity contribution in [3.05, 3.63) is 0 Å². The Morgan fingerprint density at radius 3 is 0.750 bits per heavy atom. The first-order chi connectivity index (χ1) is 0. The molecule has 0 aliphatic rings. The summed E-state index contributed by atoms with van der Waals surface area (Å²) in [4.78, 5) is 0. The molecule has 0 aromatic carbocycles. The summed E-state index contributed by atoms with van der Waals surface area (Å²) in [6.45, 7) is 0. The van der Waals surface area contributed by atoms with Crippen LogP contribution in [0.1, 0.15) is 0 Å². The largest absolute Gasteiger partial charge is 0.412 e. The summed E-state index contributed by atoms with van der Waals surface area (Å²) >= 11 is 0. The van der Waals surface area contributed by atoms with Crippen LogP contribution in [0, 0.1) is 0 Å². The van der Waals surface area contributed by atoms with Gasteiger partial charge in [0.05, 0.1) is 0 Å². The average Bonchev–Trinajstić information content (AvgIpc) is 0. The monoisotopic (exact) mass is 164 g/mol. The summed E-state index contributed by atoms with van der Waals surface area (Å²) in [6.07, 6.45) is 0. The minimum atomic E-state index is 0. The van der Waals surface area contributed by atoms with E-state index in [2.05, 4.69) is 0 Å². The zero-order valence-electron chi connectivity index (χ0n) is 1.13. The van der Waals surface area contributed by atoms with Gasteiger partial charge in [0.1, 0.15) is 0 Å². The number of hydrogen-bond donors (Lipinski definition) is 0. The molecule has 0 aliphatic heterocycles. The van der Waals surface area contributed by atoms with Crippen molar-refractivity contribution in [3.63, 3.8) is 0 Å². The molecule has 0 aromatic rings. The summed E-state index contributed by atoms with van der Waals surface area (Å²) in [6, 6.07) is 0. The maximum Gasteiger partial charge on any atom is 0.187 e. The normalized spacial score (nSPS) is 0. The Bertz CT molecular complexity index is 6.00. The molecule has 0 atom stereocenters. The van der Waals surface area contributed by atoms with E-state index in [-0.39, 0.29) is 55.8 Å². The van der Waals surface area contributed by atoms with E-state index in [9.17, 15) is 0 Å². The summed E-state index contributed by atoms with van der Waals surface area (Å²) in [7, 11) is 0. The van der Waals surface area contributed by atoms with Crippen LogP contribution in [0.4, 0.5) is 0 Å². The molecule has 2 N–H and O–H groups in total. The molecule has 0 fully saturated rings. The fraction of sp³-hybridized carbons (Fsp3) is 0. The van der Waals surface area contributed by atoms with Gasteiger partial charge in [0.15, 0.2) is 17.4 Å². The standard InChI is InChI=1S/Al.2Ni.H2O.3H/h;;;1H2;;;. The van der Waals surface area contributed by atoms with Gasteiger partial charge in [0.2, 0.25) is 0 Å². The van der Waals surface area contributed by atoms with Gasteiger partial charge in [-0.25, -0.2) is 0 Å². The first-order valence-electron chi connectivity index (χ1n) is 0. The number of rotatable bonds is 0. The van der Waals surface area contributed by atoms with Crippen LogP contribution < -0.4 is 0 Å². The van der Waals surface area contributed by atoms with E-state index in [4.69, 9.17) is 0 Å². The van der Waals surface area contributed by atoms with Crippen LogP contribution in [0.5, 0.6) is 0 Å². The van der Waals surface area contributed by atoms with Crippen LogP contribution in [-0.4, -0.2) is 22.8 Å². The second-order valence-corrected chi connectivity index (χ2v) is 0. The second kappa shape index (κ2) is 24.8. The predicted molar refractivity (Wildman–Crippen MR) is 13.6 cm³/mol. The van der Waals surface area contributed by atoms with Gasteiger partial charge in [-0.05, 0) is 0 Å². The van der Waals surface area contributed by atoms with Gasteiger partial charge in [-0.3, -0.25) is 0 Å². The molecule has 0 saturated carbocycles. The fourth-order valence-corrected chi connectivity index (χ4v) is 0. The Labute approximate surface area is 55.8 Å². The van der Waals surface area contributed by atoms with E-state index in [0.717, 1.165) is 0 Å². The predicted octanol–water partition coefficient (Wildman–Crippen LogP) is -2.01. The van der Waals surface area contributed by atoms with Crippen LogP contribution in [0.3, 0.4) is 0 Å². The van der Waals surface area contributed by atoms with E-state index < -0.39 is 0 Å². The Kier molecular flexibility index (Phi) is 311. The van der Waals surface area contributed by atoms with Crippen LogP contribution in [0.2, 0.25) is 0 Å². The van der Waals surface area contributed by atoms with Crippen molar-refractivity contribution in [2.24, 2.45) is 0 Å². The molecule has 0 aliphatic carbocycles. The van der Waals surface area contributed by atoms with Crippen molar-refractivity contribution < 1.29 is 38.5 Å². The maximum absolute atomic E-state index is 0. The SMILES string of the molecule is O.[AlH3].[Ni].[Ni]. The van der Waals surface area contributed by atoms with Crippen molar-refractivity contribution >= 4 is 17.4 Å². The van der Waals surface area contributed by atoms with Crippen LogP contribution >= 0.6 is 0 Å². The number of hydrogen-bond acceptors (Lipinski definition) is 0. The van der Waals surface area contributed by atoms with Gasteiger partial charge in [-0.15, -0.1) is 0 Å². The molecule has 0 radical (unpaired) electrons. The molecule has 4 heteroatoms. The van der Waals surface area contributed by atoms with E-state index in [1.807, 2.05) is 0 Å². The Balaban J connectivity index is 0. The summed E-state index contributed by atoms with van der Waals surface area (Å²) in [5.41, 5.74) is 0. The quantitative estimate of drug-likeness (QED) is 0.372. The molecule has 0 spiro atoms. The molecular weight excluding hydrogens is 160 g/mol. The van der Waals surface area contributed by atoms with Crippen molar-refractivity contribution in [2.45, 2.75) is 0 Å². The van der Waals surface area contributed by atoms with Gasteiger partial charge < -0.3 is 5.48 Å². The third-order valence-corrected chi connectivity index (χ3v) is 0. The van der Waals surface area contributed by atoms with Crippen molar-refractivity contribution in [1.29, 1.82) is 0 Å². The summed E-state index contributed by atoms with van der Waals surface area (Å²) in [5, 5.41) is 0. The Morgan fingerprint density at radius 1 is 0.750 bits per heavy atom. The summed E-state index contributed by atoms with van der Waals surface area (Å²) in [5.74, 6) is 0. The topological polar surface area (TPSA) is 31.5 Å². The molecular formula is H5AlNi2O. The van der Waals surface area contributed by atoms with Crippen LogP contribution in [0.25, 0.3) is 0 Å². The maximum atomic E-state index is 0. The zero-order valence-corrected chi connectivity index (χ0v) is 3.11. The van der Waals surface area contributed by atoms with E-state index in [1.54, 1.807) is 0 Å². The van der Waals surface area contributed by atoms with E-state index in [1.165, 1.54) is 0 Å². The van der Waals surface area contributed by atoms with Crippen molar-refractivity contribution in [1.82, 2.24) is 0 Å². The Hall–Kier alpha value is 1.48. The molecule has 0 bridgehead atoms. The van der Waals surface area contributed by atoms with Gasteiger partial charge in [0, 0.05) is 33.0 Å². The van der Waals surface area contributed by atoms with Gasteiger partial charge in [-0.2, -0.15) is 0 Å². The molecule has 1 nitrogen and oxygen atoms in total. The molecule has 0 heterocycles. The molecule has 0 amide bonds. The third-order valence-electron chi connectivity index (χ3n) is 0. The minimum Gasteiger partial charge on any atom is -0.412 e. The van der Waals surface area contributed by atoms with Crippen molar-refractivity contribution in [2.75, 3.05) is 0 Å². The first-order valence-corrected chi connectivity index (χ1v) is 0. The fourth-order valence-electron chi connectivity index (χ4n) is 0. The zero-order chi connectivity index (χ0) is 0. The third kappa shape index (κ3) is 9.77. The average molecular weight is 165 g/mol. The summed E-state index contributed by atoms with van der Waals surface area (Å²) < 4.78 is 0. The first kappa shape index (κ1) is 50.2. The van der Waals surface area contributed by atoms with E-state index >= 15 is 0 Å². The molecule has 0 unspecified atom stereocenters. The van der Waals surface area contributed by atoms with Gasteiger partial charge >= 0.3 is 0 Å². The van der Waals surface area contributed by atoms with Gasteiger partial charge in [-0.1, -0.05) is 0 Å². The smallest absolute Gasteiger partial charge is 0.187 e. The molecule has 0 aromatic heterocycles. The molecule has 34 valence electrons. The minimum absolute atomic E-state index is 0. The molecule has 4 heavy (non-hydrogen) atoms. The van der Waals surface area contributed by atoms with Crippen LogP contribution in [-0.2, 0) is 33.0 Å². The second-order valence-electron chi connectivity index (χ2n) is 0. The van der Waals surface area contributed by atoms with E-state index in [0.29, 0.717) is 0 Å². The Morgan fingerprint density at radius 2 is 0.750 bits per heavy atom. The molecule has 0 rings (SSSR count).